The SMILES string of the molecule is CCC(C)[C@@H]1NC(=O)[C@H](Cc2ccc(O)cc2)N(C)C(=O)[C@H](C(C)CC)N(C=O)[C@@H](O)CCC(C)NC(=O)[C@H](CC(C)C)NC(=O)[C@@H](NC(=O)[C@H](CCC(N)=O)NC(=O)CS(=O)CC)[C@@H](C)OC1=O. The fourth-order valence-electron chi connectivity index (χ4n) is 7.69. The second kappa shape index (κ2) is 28.8. The minimum absolute atomic E-state index is 0.0520. The van der Waals surface area contributed by atoms with Crippen molar-refractivity contribution in [3.05, 3.63) is 29.8 Å². The van der Waals surface area contributed by atoms with E-state index in [-0.39, 0.29) is 55.9 Å². The van der Waals surface area contributed by atoms with Crippen molar-refractivity contribution in [1.82, 2.24) is 36.4 Å². The zero-order valence-corrected chi connectivity index (χ0v) is 42.5. The quantitative estimate of drug-likeness (QED) is 0.0724. The molecule has 1 aromatic carbocycles. The number of hydrogen-bond donors (Lipinski definition) is 8. The molecule has 21 nitrogen and oxygen atoms in total. The smallest absolute Gasteiger partial charge is 0.329 e. The number of hydrogen-bond acceptors (Lipinski definition) is 13. The van der Waals surface area contributed by atoms with Crippen molar-refractivity contribution in [1.29, 1.82) is 0 Å². The third-order valence-electron chi connectivity index (χ3n) is 12.4. The van der Waals surface area contributed by atoms with E-state index in [1.165, 1.54) is 26.1 Å². The first-order valence-corrected chi connectivity index (χ1v) is 25.2. The van der Waals surface area contributed by atoms with E-state index in [1.54, 1.807) is 67.5 Å². The Morgan fingerprint density at radius 1 is 0.928 bits per heavy atom. The molecule has 0 aliphatic carbocycles. The number of amides is 8. The van der Waals surface area contributed by atoms with Crippen molar-refractivity contribution < 1.29 is 62.3 Å². The Labute approximate surface area is 408 Å². The molecule has 4 unspecified atom stereocenters. The van der Waals surface area contributed by atoms with E-state index in [2.05, 4.69) is 26.6 Å². The average molecular weight is 993 g/mol. The van der Waals surface area contributed by atoms with Crippen LogP contribution in [0.4, 0.5) is 0 Å². The molecule has 69 heavy (non-hydrogen) atoms. The maximum absolute atomic E-state index is 14.7. The van der Waals surface area contributed by atoms with Gasteiger partial charge in [0.15, 0.2) is 0 Å². The predicted octanol–water partition coefficient (Wildman–Crippen LogP) is 0.249. The number of aliphatic hydroxyl groups is 1. The summed E-state index contributed by atoms with van der Waals surface area (Å²) in [4.78, 5) is 126. The normalized spacial score (nSPS) is 25.7. The van der Waals surface area contributed by atoms with E-state index in [0.29, 0.717) is 24.8 Å². The van der Waals surface area contributed by atoms with E-state index in [0.717, 1.165) is 9.80 Å². The number of carbonyl (C=O) groups excluding carboxylic acids is 9. The molecule has 2 rings (SSSR count). The molecule has 0 aromatic heterocycles. The molecule has 388 valence electrons. The second-order valence-electron chi connectivity index (χ2n) is 18.4. The molecule has 0 radical (unpaired) electrons. The van der Waals surface area contributed by atoms with E-state index in [1.807, 2.05) is 0 Å². The largest absolute Gasteiger partial charge is 0.508 e. The number of carbonyl (C=O) groups is 9. The van der Waals surface area contributed by atoms with Crippen LogP contribution in [0.1, 0.15) is 113 Å². The van der Waals surface area contributed by atoms with E-state index < -0.39 is 130 Å². The van der Waals surface area contributed by atoms with Gasteiger partial charge >= 0.3 is 5.97 Å². The number of primary amides is 1. The zero-order valence-electron chi connectivity index (χ0n) is 41.7. The van der Waals surface area contributed by atoms with Crippen LogP contribution >= 0.6 is 0 Å². The van der Waals surface area contributed by atoms with Crippen LogP contribution in [0.25, 0.3) is 0 Å². The molecule has 1 saturated heterocycles. The van der Waals surface area contributed by atoms with Gasteiger partial charge < -0.3 is 57.1 Å². The summed E-state index contributed by atoms with van der Waals surface area (Å²) in [6, 6.07) is -3.28. The van der Waals surface area contributed by atoms with Crippen LogP contribution in [0, 0.1) is 17.8 Å². The Balaban J connectivity index is 2.85. The zero-order chi connectivity index (χ0) is 52.3. The van der Waals surface area contributed by atoms with Crippen LogP contribution in [0.3, 0.4) is 0 Å². The number of nitrogens with one attached hydrogen (secondary N) is 5. The first-order valence-electron chi connectivity index (χ1n) is 23.7. The highest BCUT2D eigenvalue weighted by Gasteiger charge is 2.42. The molecule has 1 aliphatic heterocycles. The first-order chi connectivity index (χ1) is 32.4. The number of phenols is 1. The Hall–Kier alpha value is -5.64. The van der Waals surface area contributed by atoms with E-state index in [9.17, 15) is 57.6 Å². The number of nitrogens with zero attached hydrogens (tertiary/aromatic N) is 2. The molecule has 0 bridgehead atoms. The van der Waals surface area contributed by atoms with Gasteiger partial charge in [0.2, 0.25) is 47.8 Å². The number of aliphatic hydroxyl groups excluding tert-OH is 1. The number of ether oxygens (including phenoxy) is 1. The monoisotopic (exact) mass is 993 g/mol. The van der Waals surface area contributed by atoms with Gasteiger partial charge in [-0.25, -0.2) is 4.79 Å². The number of benzene rings is 1. The van der Waals surface area contributed by atoms with E-state index in [4.69, 9.17) is 10.5 Å². The third-order valence-corrected chi connectivity index (χ3v) is 13.6. The molecule has 1 aliphatic rings. The second-order valence-corrected chi connectivity index (χ2v) is 20.1. The summed E-state index contributed by atoms with van der Waals surface area (Å²) in [5.41, 5.74) is 5.89. The molecular weight excluding hydrogens is 917 g/mol. The number of rotatable bonds is 18. The summed E-state index contributed by atoms with van der Waals surface area (Å²) >= 11 is 0. The van der Waals surface area contributed by atoms with Gasteiger partial charge in [-0.1, -0.05) is 73.4 Å². The van der Waals surface area contributed by atoms with Crippen molar-refractivity contribution >= 4 is 64.5 Å². The van der Waals surface area contributed by atoms with Crippen LogP contribution in [0.2, 0.25) is 0 Å². The first kappa shape index (κ1) is 59.5. The molecule has 1 heterocycles. The average Bonchev–Trinajstić information content (AvgIpc) is 3.29. The minimum Gasteiger partial charge on any atom is -0.508 e. The van der Waals surface area contributed by atoms with Crippen LogP contribution < -0.4 is 32.3 Å². The van der Waals surface area contributed by atoms with Crippen LogP contribution in [0.15, 0.2) is 24.3 Å². The summed E-state index contributed by atoms with van der Waals surface area (Å²) in [5, 5.41) is 34.7. The van der Waals surface area contributed by atoms with Crippen molar-refractivity contribution in [2.24, 2.45) is 23.5 Å². The van der Waals surface area contributed by atoms with Crippen LogP contribution in [-0.4, -0.2) is 151 Å². The lowest BCUT2D eigenvalue weighted by molar-refractivity contribution is -0.159. The van der Waals surface area contributed by atoms with Crippen molar-refractivity contribution in [3.63, 3.8) is 0 Å². The molecule has 1 fully saturated rings. The highest BCUT2D eigenvalue weighted by atomic mass is 32.2. The predicted molar refractivity (Wildman–Crippen MR) is 257 cm³/mol. The van der Waals surface area contributed by atoms with Gasteiger partial charge in [0.1, 0.15) is 60.1 Å². The lowest BCUT2D eigenvalue weighted by Gasteiger charge is -2.39. The molecule has 12 atom stereocenters. The van der Waals surface area contributed by atoms with Gasteiger partial charge in [0.25, 0.3) is 0 Å². The number of nitrogens with two attached hydrogens (primary N) is 1. The van der Waals surface area contributed by atoms with Crippen LogP contribution in [-0.2, 0) is 65.1 Å². The van der Waals surface area contributed by atoms with Gasteiger partial charge in [-0.15, -0.1) is 0 Å². The van der Waals surface area contributed by atoms with E-state index >= 15 is 0 Å². The summed E-state index contributed by atoms with van der Waals surface area (Å²) < 4.78 is 18.1. The Kier molecular flexibility index (Phi) is 24.8. The van der Waals surface area contributed by atoms with Gasteiger partial charge in [-0.3, -0.25) is 42.6 Å². The summed E-state index contributed by atoms with van der Waals surface area (Å²) in [6.45, 7) is 15.1. The van der Waals surface area contributed by atoms with Gasteiger partial charge in [0.05, 0.1) is 0 Å². The number of aromatic hydroxyl groups is 1. The lowest BCUT2D eigenvalue weighted by atomic mass is 9.94. The Morgan fingerprint density at radius 3 is 2.10 bits per heavy atom. The lowest BCUT2D eigenvalue weighted by Crippen LogP contribution is -2.61. The third kappa shape index (κ3) is 18.7. The molecule has 0 saturated carbocycles. The molecule has 1 aromatic rings. The molecule has 9 N–H and O–H groups in total. The highest BCUT2D eigenvalue weighted by Crippen LogP contribution is 2.24. The number of phenolic OH excluding ortho intramolecular Hbond substituents is 1. The molecule has 8 amide bonds. The molecule has 22 heteroatoms. The maximum atomic E-state index is 14.7. The van der Waals surface area contributed by atoms with Gasteiger partial charge in [-0.2, -0.15) is 0 Å². The summed E-state index contributed by atoms with van der Waals surface area (Å²) in [5.74, 6) is -8.49. The van der Waals surface area contributed by atoms with Crippen molar-refractivity contribution in [2.45, 2.75) is 168 Å². The van der Waals surface area contributed by atoms with Gasteiger partial charge in [-0.05, 0) is 75.0 Å². The number of cyclic esters (lactones) is 1. The van der Waals surface area contributed by atoms with Gasteiger partial charge in [0, 0.05) is 42.5 Å². The molecular formula is C47H76N8O13S. The fraction of sp³-hybridized carbons (Fsp3) is 0.681. The van der Waals surface area contributed by atoms with Crippen LogP contribution in [0.5, 0.6) is 5.75 Å². The summed E-state index contributed by atoms with van der Waals surface area (Å²) in [6.07, 6.45) is -2.76. The standard InChI is InChI=1S/C47H76N8O13S/c1-11-27(6)39-47(66)68-30(9)40(53-42(61)33(19-20-36(48)58)50-37(59)24-69(67)13-3)45(64)51-34(22-26(4)5)43(62)49-29(8)14-21-38(60)55(25-56)41(28(7)12-2)46(65)54(10)35(44(63)52-39)23-31-15-17-32(57)18-16-31/h15-18,25-30,33-35,38-41,57,60H,11-14,19-24H2,1-10H3,(H2,48,58)(H,49,62)(H,50,59)(H,51,64)(H,52,63)(H,53,61)/t27?,28?,29?,30-,33+,34+,35+,38+,39+,40+,41+,69?/m1/s1. The Bertz CT molecular complexity index is 1960. The highest BCUT2D eigenvalue weighted by molar-refractivity contribution is 7.85. The van der Waals surface area contributed by atoms with Crippen molar-refractivity contribution in [2.75, 3.05) is 18.6 Å². The topological polar surface area (TPSA) is 313 Å². The fourth-order valence-corrected chi connectivity index (χ4v) is 8.27. The van der Waals surface area contributed by atoms with Crippen molar-refractivity contribution in [3.8, 4) is 5.75 Å². The Morgan fingerprint density at radius 2 is 1.55 bits per heavy atom. The number of esters is 1. The maximum Gasteiger partial charge on any atom is 0.329 e. The summed E-state index contributed by atoms with van der Waals surface area (Å²) in [7, 11) is -0.209. The molecule has 0 spiro atoms. The number of likely N-dealkylation sites (N-methyl/N-ethyl adjacent to an activating group) is 1. The minimum atomic E-state index is -1.77.